The first-order valence-corrected chi connectivity index (χ1v) is 7.24. The molecule has 0 radical (unpaired) electrons. The Bertz CT molecular complexity index is 299. The van der Waals surface area contributed by atoms with E-state index in [0.29, 0.717) is 19.5 Å². The van der Waals surface area contributed by atoms with Gasteiger partial charge in [0.15, 0.2) is 0 Å². The van der Waals surface area contributed by atoms with Crippen LogP contribution in [-0.2, 0) is 9.59 Å². The first-order chi connectivity index (χ1) is 9.00. The van der Waals surface area contributed by atoms with Crippen LogP contribution in [0.2, 0.25) is 0 Å². The van der Waals surface area contributed by atoms with E-state index in [2.05, 4.69) is 4.90 Å². The fourth-order valence-corrected chi connectivity index (χ4v) is 2.37. The third kappa shape index (κ3) is 6.05. The van der Waals surface area contributed by atoms with Gasteiger partial charge in [-0.05, 0) is 46.1 Å². The average molecular weight is 270 g/mol. The van der Waals surface area contributed by atoms with Gasteiger partial charge in [-0.15, -0.1) is 0 Å². The van der Waals surface area contributed by atoms with E-state index in [4.69, 9.17) is 5.11 Å². The quantitative estimate of drug-likeness (QED) is 0.763. The highest BCUT2D eigenvalue weighted by Crippen LogP contribution is 2.10. The fourth-order valence-electron chi connectivity index (χ4n) is 2.37. The van der Waals surface area contributed by atoms with Crippen LogP contribution in [-0.4, -0.2) is 59.0 Å². The largest absolute Gasteiger partial charge is 0.481 e. The van der Waals surface area contributed by atoms with Crippen LogP contribution in [0.4, 0.5) is 0 Å². The highest BCUT2D eigenvalue weighted by molar-refractivity contribution is 5.78. The third-order valence-corrected chi connectivity index (χ3v) is 3.61. The second kappa shape index (κ2) is 8.15. The Morgan fingerprint density at radius 3 is 2.37 bits per heavy atom. The lowest BCUT2D eigenvalue weighted by molar-refractivity contribution is -0.137. The zero-order valence-electron chi connectivity index (χ0n) is 12.1. The van der Waals surface area contributed by atoms with Crippen molar-refractivity contribution >= 4 is 11.9 Å². The van der Waals surface area contributed by atoms with E-state index < -0.39 is 5.97 Å². The maximum atomic E-state index is 12.2. The number of carbonyl (C=O) groups is 2. The van der Waals surface area contributed by atoms with E-state index in [1.807, 2.05) is 18.7 Å². The number of hydrogen-bond donors (Lipinski definition) is 1. The molecule has 0 aromatic carbocycles. The Morgan fingerprint density at radius 2 is 1.84 bits per heavy atom. The van der Waals surface area contributed by atoms with Crippen molar-refractivity contribution in [2.75, 3.05) is 26.2 Å². The van der Waals surface area contributed by atoms with Gasteiger partial charge >= 0.3 is 5.97 Å². The number of carboxylic acid groups (broad SMARTS) is 1. The molecule has 0 bridgehead atoms. The molecule has 1 heterocycles. The Labute approximate surface area is 115 Å². The number of carbonyl (C=O) groups excluding carboxylic acids is 1. The van der Waals surface area contributed by atoms with Gasteiger partial charge in [-0.2, -0.15) is 0 Å². The number of hydrogen-bond acceptors (Lipinski definition) is 3. The third-order valence-electron chi connectivity index (χ3n) is 3.61. The van der Waals surface area contributed by atoms with E-state index >= 15 is 0 Å². The Hall–Kier alpha value is -1.10. The van der Waals surface area contributed by atoms with Crippen molar-refractivity contribution in [2.24, 2.45) is 0 Å². The van der Waals surface area contributed by atoms with Crippen LogP contribution in [0.25, 0.3) is 0 Å². The smallest absolute Gasteiger partial charge is 0.303 e. The summed E-state index contributed by atoms with van der Waals surface area (Å²) < 4.78 is 0. The molecule has 1 aliphatic heterocycles. The minimum atomic E-state index is -0.772. The number of rotatable bonds is 7. The molecular formula is C14H26N2O3. The molecule has 5 heteroatoms. The predicted octanol–water partition coefficient (Wildman–Crippen LogP) is 1.57. The molecule has 0 aromatic heterocycles. The van der Waals surface area contributed by atoms with Gasteiger partial charge < -0.3 is 10.0 Å². The van der Waals surface area contributed by atoms with Gasteiger partial charge in [0.1, 0.15) is 0 Å². The molecule has 0 atom stereocenters. The molecule has 0 aromatic rings. The summed E-state index contributed by atoms with van der Waals surface area (Å²) in [4.78, 5) is 26.7. The van der Waals surface area contributed by atoms with Crippen molar-refractivity contribution in [3.63, 3.8) is 0 Å². The maximum Gasteiger partial charge on any atom is 0.303 e. The van der Waals surface area contributed by atoms with Gasteiger partial charge in [0, 0.05) is 25.6 Å². The summed E-state index contributed by atoms with van der Waals surface area (Å²) >= 11 is 0. The highest BCUT2D eigenvalue weighted by atomic mass is 16.4. The van der Waals surface area contributed by atoms with Crippen LogP contribution < -0.4 is 0 Å². The second-order valence-corrected chi connectivity index (χ2v) is 5.50. The van der Waals surface area contributed by atoms with Crippen molar-refractivity contribution < 1.29 is 14.7 Å². The molecule has 19 heavy (non-hydrogen) atoms. The van der Waals surface area contributed by atoms with Crippen LogP contribution >= 0.6 is 0 Å². The molecule has 1 amide bonds. The number of carboxylic acids is 1. The van der Waals surface area contributed by atoms with Crippen molar-refractivity contribution in [2.45, 2.75) is 52.0 Å². The number of amides is 1. The van der Waals surface area contributed by atoms with E-state index in [9.17, 15) is 9.59 Å². The normalized spacial score (nSPS) is 16.1. The molecule has 110 valence electrons. The van der Waals surface area contributed by atoms with E-state index in [0.717, 1.165) is 25.9 Å². The Kier molecular flexibility index (Phi) is 6.84. The summed E-state index contributed by atoms with van der Waals surface area (Å²) in [5.41, 5.74) is 0. The van der Waals surface area contributed by atoms with Crippen LogP contribution in [0.3, 0.4) is 0 Å². The average Bonchev–Trinajstić information content (AvgIpc) is 2.37. The fraction of sp³-hybridized carbons (Fsp3) is 0.857. The van der Waals surface area contributed by atoms with Crippen LogP contribution in [0.5, 0.6) is 0 Å². The first kappa shape index (κ1) is 16.0. The maximum absolute atomic E-state index is 12.2. The lowest BCUT2D eigenvalue weighted by Gasteiger charge is -2.31. The molecule has 1 fully saturated rings. The molecule has 0 aliphatic carbocycles. The van der Waals surface area contributed by atoms with Crippen LogP contribution in [0.1, 0.15) is 46.0 Å². The molecule has 0 spiro atoms. The summed E-state index contributed by atoms with van der Waals surface area (Å²) in [6.07, 6.45) is 4.19. The topological polar surface area (TPSA) is 60.9 Å². The molecule has 0 unspecified atom stereocenters. The molecule has 1 saturated heterocycles. The summed E-state index contributed by atoms with van der Waals surface area (Å²) in [5, 5.41) is 8.66. The minimum Gasteiger partial charge on any atom is -0.481 e. The van der Waals surface area contributed by atoms with Crippen molar-refractivity contribution in [1.29, 1.82) is 0 Å². The van der Waals surface area contributed by atoms with Crippen molar-refractivity contribution in [3.05, 3.63) is 0 Å². The molecule has 1 aliphatic rings. The number of aliphatic carboxylic acids is 1. The summed E-state index contributed by atoms with van der Waals surface area (Å²) in [7, 11) is 0. The Balaban J connectivity index is 2.38. The summed E-state index contributed by atoms with van der Waals surface area (Å²) in [6, 6.07) is 0.266. The van der Waals surface area contributed by atoms with Crippen LogP contribution in [0.15, 0.2) is 0 Å². The number of nitrogens with zero attached hydrogens (tertiary/aromatic N) is 2. The van der Waals surface area contributed by atoms with Crippen molar-refractivity contribution in [1.82, 2.24) is 9.80 Å². The van der Waals surface area contributed by atoms with E-state index in [-0.39, 0.29) is 18.4 Å². The lowest BCUT2D eigenvalue weighted by atomic mass is 10.1. The highest BCUT2D eigenvalue weighted by Gasteiger charge is 2.20. The monoisotopic (exact) mass is 270 g/mol. The SMILES string of the molecule is CC(C)N(CCCC(=O)O)CC(=O)N1CCCCC1. The van der Waals surface area contributed by atoms with E-state index in [1.54, 1.807) is 0 Å². The van der Waals surface area contributed by atoms with Gasteiger partial charge in [0.25, 0.3) is 0 Å². The summed E-state index contributed by atoms with van der Waals surface area (Å²) in [6.45, 7) is 6.93. The Morgan fingerprint density at radius 1 is 1.21 bits per heavy atom. The molecule has 5 nitrogen and oxygen atoms in total. The second-order valence-electron chi connectivity index (χ2n) is 5.50. The van der Waals surface area contributed by atoms with E-state index in [1.165, 1.54) is 6.42 Å². The zero-order chi connectivity index (χ0) is 14.3. The van der Waals surface area contributed by atoms with Gasteiger partial charge in [-0.3, -0.25) is 14.5 Å². The van der Waals surface area contributed by atoms with Gasteiger partial charge in [0.2, 0.25) is 5.91 Å². The zero-order valence-corrected chi connectivity index (χ0v) is 12.1. The van der Waals surface area contributed by atoms with Gasteiger partial charge in [-0.25, -0.2) is 0 Å². The van der Waals surface area contributed by atoms with Crippen LogP contribution in [0, 0.1) is 0 Å². The minimum absolute atomic E-state index is 0.168. The predicted molar refractivity (Wildman–Crippen MR) is 74.0 cm³/mol. The number of piperidine rings is 1. The van der Waals surface area contributed by atoms with Gasteiger partial charge in [-0.1, -0.05) is 0 Å². The molecular weight excluding hydrogens is 244 g/mol. The lowest BCUT2D eigenvalue weighted by Crippen LogP contribution is -2.45. The standard InChI is InChI=1S/C14H26N2O3/c1-12(2)16(10-6-7-14(18)19)11-13(17)15-8-4-3-5-9-15/h12H,3-11H2,1-2H3,(H,18,19). The molecule has 1 N–H and O–H groups in total. The van der Waals surface area contributed by atoms with Gasteiger partial charge in [0.05, 0.1) is 6.54 Å². The number of likely N-dealkylation sites (tertiary alicyclic amines) is 1. The summed E-state index contributed by atoms with van der Waals surface area (Å²) in [5.74, 6) is -0.588. The molecule has 0 saturated carbocycles. The first-order valence-electron chi connectivity index (χ1n) is 7.24. The van der Waals surface area contributed by atoms with Crippen molar-refractivity contribution in [3.8, 4) is 0 Å². The molecule has 1 rings (SSSR count).